The van der Waals surface area contributed by atoms with Gasteiger partial charge in [0.1, 0.15) is 0 Å². The molecule has 0 radical (unpaired) electrons. The lowest BCUT2D eigenvalue weighted by atomic mass is 9.95. The van der Waals surface area contributed by atoms with Crippen LogP contribution in [0.3, 0.4) is 0 Å². The van der Waals surface area contributed by atoms with Crippen molar-refractivity contribution in [2.75, 3.05) is 11.9 Å². The Morgan fingerprint density at radius 3 is 2.90 bits per heavy atom. The molecule has 0 spiro atoms. The molecule has 0 aromatic heterocycles. The van der Waals surface area contributed by atoms with E-state index in [-0.39, 0.29) is 23.4 Å². The van der Waals surface area contributed by atoms with Gasteiger partial charge in [-0.1, -0.05) is 12.5 Å². The van der Waals surface area contributed by atoms with Crippen molar-refractivity contribution in [3.8, 4) is 0 Å². The molecule has 2 atom stereocenters. The van der Waals surface area contributed by atoms with Crippen molar-refractivity contribution < 1.29 is 9.72 Å². The number of nitrogens with zero attached hydrogens (tertiary/aromatic N) is 1. The molecule has 1 saturated carbocycles. The summed E-state index contributed by atoms with van der Waals surface area (Å²) < 4.78 is 0. The molecule has 6 nitrogen and oxygen atoms in total. The summed E-state index contributed by atoms with van der Waals surface area (Å²) in [6.07, 6.45) is 2.82. The smallest absolute Gasteiger partial charge is 0.274 e. The van der Waals surface area contributed by atoms with Gasteiger partial charge < -0.3 is 11.1 Å². The first-order valence-electron chi connectivity index (χ1n) is 6.79. The third kappa shape index (κ3) is 2.96. The van der Waals surface area contributed by atoms with E-state index >= 15 is 0 Å². The maximum absolute atomic E-state index is 12.2. The lowest BCUT2D eigenvalue weighted by Crippen LogP contribution is -2.29. The first-order valence-corrected chi connectivity index (χ1v) is 6.79. The Bertz CT molecular complexity index is 530. The topological polar surface area (TPSA) is 98.3 Å². The molecule has 1 aliphatic rings. The summed E-state index contributed by atoms with van der Waals surface area (Å²) in [5, 5.41) is 13.7. The van der Waals surface area contributed by atoms with Crippen LogP contribution in [0.5, 0.6) is 0 Å². The SMILES string of the molecule is Cc1ccc(NC(=O)C2CCCC2CN)cc1[N+](=O)[O-]. The Hall–Kier alpha value is -1.95. The third-order valence-corrected chi connectivity index (χ3v) is 3.97. The molecule has 20 heavy (non-hydrogen) atoms. The van der Waals surface area contributed by atoms with Crippen molar-refractivity contribution in [3.63, 3.8) is 0 Å². The Labute approximate surface area is 117 Å². The van der Waals surface area contributed by atoms with Gasteiger partial charge in [0, 0.05) is 23.2 Å². The molecule has 1 aromatic carbocycles. The van der Waals surface area contributed by atoms with Crippen LogP contribution in [-0.2, 0) is 4.79 Å². The fourth-order valence-electron chi connectivity index (χ4n) is 2.78. The fraction of sp³-hybridized carbons (Fsp3) is 0.500. The normalized spacial score (nSPS) is 21.7. The predicted octanol–water partition coefficient (Wildman–Crippen LogP) is 2.22. The van der Waals surface area contributed by atoms with Crippen molar-refractivity contribution in [1.29, 1.82) is 0 Å². The first-order chi connectivity index (χ1) is 9.52. The van der Waals surface area contributed by atoms with Crippen LogP contribution in [0.25, 0.3) is 0 Å². The lowest BCUT2D eigenvalue weighted by Gasteiger charge is -2.17. The number of nitro benzene ring substituents is 1. The average molecular weight is 277 g/mol. The van der Waals surface area contributed by atoms with Gasteiger partial charge in [-0.25, -0.2) is 0 Å². The minimum Gasteiger partial charge on any atom is -0.330 e. The van der Waals surface area contributed by atoms with Gasteiger partial charge in [0.2, 0.25) is 5.91 Å². The molecule has 1 aromatic rings. The van der Waals surface area contributed by atoms with Crippen molar-refractivity contribution in [2.24, 2.45) is 17.6 Å². The molecular weight excluding hydrogens is 258 g/mol. The van der Waals surface area contributed by atoms with Gasteiger partial charge in [0.05, 0.1) is 4.92 Å². The molecule has 3 N–H and O–H groups in total. The minimum absolute atomic E-state index is 0.0181. The van der Waals surface area contributed by atoms with E-state index in [0.717, 1.165) is 19.3 Å². The van der Waals surface area contributed by atoms with E-state index in [1.54, 1.807) is 19.1 Å². The van der Waals surface area contributed by atoms with E-state index in [1.165, 1.54) is 6.07 Å². The number of nitrogens with one attached hydrogen (secondary N) is 1. The number of hydrogen-bond acceptors (Lipinski definition) is 4. The maximum Gasteiger partial charge on any atom is 0.274 e. The van der Waals surface area contributed by atoms with Gasteiger partial charge in [-0.15, -0.1) is 0 Å². The van der Waals surface area contributed by atoms with Crippen LogP contribution in [0, 0.1) is 28.9 Å². The first kappa shape index (κ1) is 14.5. The van der Waals surface area contributed by atoms with Gasteiger partial charge in [0.25, 0.3) is 5.69 Å². The fourth-order valence-corrected chi connectivity index (χ4v) is 2.78. The molecule has 108 valence electrons. The zero-order chi connectivity index (χ0) is 14.7. The average Bonchev–Trinajstić information content (AvgIpc) is 2.89. The summed E-state index contributed by atoms with van der Waals surface area (Å²) in [5.41, 5.74) is 6.73. The summed E-state index contributed by atoms with van der Waals surface area (Å²) in [5.74, 6) is 0.0481. The molecule has 2 rings (SSSR count). The zero-order valence-corrected chi connectivity index (χ0v) is 11.5. The van der Waals surface area contributed by atoms with Gasteiger partial charge in [0.15, 0.2) is 0 Å². The van der Waals surface area contributed by atoms with Crippen molar-refractivity contribution in [1.82, 2.24) is 0 Å². The molecule has 0 heterocycles. The van der Waals surface area contributed by atoms with Gasteiger partial charge in [-0.3, -0.25) is 14.9 Å². The van der Waals surface area contributed by atoms with Crippen LogP contribution in [0.4, 0.5) is 11.4 Å². The van der Waals surface area contributed by atoms with Gasteiger partial charge in [-0.05, 0) is 38.3 Å². The highest BCUT2D eigenvalue weighted by Crippen LogP contribution is 2.32. The number of anilines is 1. The number of nitrogens with two attached hydrogens (primary N) is 1. The molecule has 0 bridgehead atoms. The number of carbonyl (C=O) groups is 1. The van der Waals surface area contributed by atoms with E-state index < -0.39 is 4.92 Å². The van der Waals surface area contributed by atoms with Crippen molar-refractivity contribution in [2.45, 2.75) is 26.2 Å². The van der Waals surface area contributed by atoms with Crippen LogP contribution in [0.15, 0.2) is 18.2 Å². The standard InChI is InChI=1S/C14H19N3O3/c1-9-5-6-11(7-13(9)17(19)20)16-14(18)12-4-2-3-10(12)8-15/h5-7,10,12H,2-4,8,15H2,1H3,(H,16,18). The summed E-state index contributed by atoms with van der Waals surface area (Å²) in [4.78, 5) is 22.7. The largest absolute Gasteiger partial charge is 0.330 e. The molecule has 2 unspecified atom stereocenters. The minimum atomic E-state index is -0.441. The monoisotopic (exact) mass is 277 g/mol. The Morgan fingerprint density at radius 1 is 1.50 bits per heavy atom. The highest BCUT2D eigenvalue weighted by molar-refractivity contribution is 5.93. The maximum atomic E-state index is 12.2. The second-order valence-corrected chi connectivity index (χ2v) is 5.28. The Balaban J connectivity index is 2.12. The van der Waals surface area contributed by atoms with E-state index in [4.69, 9.17) is 5.73 Å². The Morgan fingerprint density at radius 2 is 2.25 bits per heavy atom. The van der Waals surface area contributed by atoms with Crippen molar-refractivity contribution >= 4 is 17.3 Å². The molecule has 1 fully saturated rings. The second-order valence-electron chi connectivity index (χ2n) is 5.28. The molecule has 0 aliphatic heterocycles. The Kier molecular flexibility index (Phi) is 4.34. The van der Waals surface area contributed by atoms with Crippen molar-refractivity contribution in [3.05, 3.63) is 33.9 Å². The number of amides is 1. The number of rotatable bonds is 4. The van der Waals surface area contributed by atoms with E-state index in [1.807, 2.05) is 0 Å². The third-order valence-electron chi connectivity index (χ3n) is 3.97. The van der Waals surface area contributed by atoms with Gasteiger partial charge in [-0.2, -0.15) is 0 Å². The van der Waals surface area contributed by atoms with Crippen LogP contribution in [0.2, 0.25) is 0 Å². The number of aryl methyl sites for hydroxylation is 1. The van der Waals surface area contributed by atoms with Crippen LogP contribution >= 0.6 is 0 Å². The van der Waals surface area contributed by atoms with Crippen LogP contribution in [0.1, 0.15) is 24.8 Å². The number of carbonyl (C=O) groups excluding carboxylic acids is 1. The number of nitro groups is 1. The number of hydrogen-bond donors (Lipinski definition) is 2. The number of benzene rings is 1. The lowest BCUT2D eigenvalue weighted by molar-refractivity contribution is -0.385. The molecule has 1 amide bonds. The molecule has 6 heteroatoms. The summed E-state index contributed by atoms with van der Waals surface area (Å²) >= 11 is 0. The highest BCUT2D eigenvalue weighted by atomic mass is 16.6. The molecule has 0 saturated heterocycles. The van der Waals surface area contributed by atoms with E-state index in [2.05, 4.69) is 5.32 Å². The van der Waals surface area contributed by atoms with Gasteiger partial charge >= 0.3 is 0 Å². The van der Waals surface area contributed by atoms with Crippen LogP contribution in [-0.4, -0.2) is 17.4 Å². The molecular formula is C14H19N3O3. The summed E-state index contributed by atoms with van der Waals surface area (Å²) in [6.45, 7) is 2.18. The predicted molar refractivity (Wildman–Crippen MR) is 76.3 cm³/mol. The van der Waals surface area contributed by atoms with Crippen LogP contribution < -0.4 is 11.1 Å². The summed E-state index contributed by atoms with van der Waals surface area (Å²) in [7, 11) is 0. The zero-order valence-electron chi connectivity index (χ0n) is 11.5. The van der Waals surface area contributed by atoms with E-state index in [9.17, 15) is 14.9 Å². The van der Waals surface area contributed by atoms with E-state index in [0.29, 0.717) is 17.8 Å². The second kappa shape index (κ2) is 6.00. The molecule has 1 aliphatic carbocycles. The highest BCUT2D eigenvalue weighted by Gasteiger charge is 2.32. The quantitative estimate of drug-likeness (QED) is 0.651. The summed E-state index contributed by atoms with van der Waals surface area (Å²) in [6, 6.07) is 4.73.